The first-order valence-corrected chi connectivity index (χ1v) is 10.1. The van der Waals surface area contributed by atoms with Gasteiger partial charge in [0.15, 0.2) is 0 Å². The van der Waals surface area contributed by atoms with Crippen LogP contribution in [0.15, 0.2) is 53.1 Å². The highest BCUT2D eigenvalue weighted by atomic mass is 16.5. The van der Waals surface area contributed by atoms with Gasteiger partial charge >= 0.3 is 0 Å². The molecule has 1 fully saturated rings. The third kappa shape index (κ3) is 4.86. The predicted molar refractivity (Wildman–Crippen MR) is 113 cm³/mol. The first kappa shape index (κ1) is 20.1. The SMILES string of the molecule is COc1ccc(CC(=O)N2CCN(Cc3nc(-c4ccc(C)cc4)no3)CC2)cc1. The van der Waals surface area contributed by atoms with Crippen molar-refractivity contribution in [2.45, 2.75) is 19.9 Å². The molecule has 0 unspecified atom stereocenters. The maximum absolute atomic E-state index is 12.6. The topological polar surface area (TPSA) is 71.7 Å². The van der Waals surface area contributed by atoms with Crippen LogP contribution >= 0.6 is 0 Å². The lowest BCUT2D eigenvalue weighted by Gasteiger charge is -2.34. The van der Waals surface area contributed by atoms with Gasteiger partial charge in [-0.05, 0) is 24.6 Å². The van der Waals surface area contributed by atoms with Crippen LogP contribution in [0.25, 0.3) is 11.4 Å². The van der Waals surface area contributed by atoms with Crippen LogP contribution in [0, 0.1) is 6.92 Å². The molecule has 7 nitrogen and oxygen atoms in total. The van der Waals surface area contributed by atoms with Crippen LogP contribution in [0.3, 0.4) is 0 Å². The molecule has 1 aliphatic rings. The number of hydrogen-bond acceptors (Lipinski definition) is 6. The average molecular weight is 406 g/mol. The first-order valence-electron chi connectivity index (χ1n) is 10.1. The van der Waals surface area contributed by atoms with E-state index in [1.54, 1.807) is 7.11 Å². The van der Waals surface area contributed by atoms with Crippen molar-refractivity contribution >= 4 is 5.91 Å². The molecule has 0 spiro atoms. The van der Waals surface area contributed by atoms with Gasteiger partial charge in [-0.25, -0.2) is 0 Å². The molecular weight excluding hydrogens is 380 g/mol. The van der Waals surface area contributed by atoms with E-state index in [4.69, 9.17) is 9.26 Å². The monoisotopic (exact) mass is 406 g/mol. The molecule has 30 heavy (non-hydrogen) atoms. The number of nitrogens with zero attached hydrogens (tertiary/aromatic N) is 4. The van der Waals surface area contributed by atoms with E-state index in [1.165, 1.54) is 5.56 Å². The van der Waals surface area contributed by atoms with Crippen LogP contribution in [0.1, 0.15) is 17.0 Å². The van der Waals surface area contributed by atoms with Gasteiger partial charge in [0, 0.05) is 31.7 Å². The molecule has 2 aromatic carbocycles. The number of methoxy groups -OCH3 is 1. The molecule has 1 aromatic heterocycles. The Bertz CT molecular complexity index is 974. The molecule has 1 amide bonds. The van der Waals surface area contributed by atoms with Crippen LogP contribution in [0.2, 0.25) is 0 Å². The van der Waals surface area contributed by atoms with Gasteiger partial charge in [0.25, 0.3) is 0 Å². The minimum absolute atomic E-state index is 0.152. The zero-order valence-corrected chi connectivity index (χ0v) is 17.4. The van der Waals surface area contributed by atoms with Crippen molar-refractivity contribution in [2.75, 3.05) is 33.3 Å². The Kier molecular flexibility index (Phi) is 6.09. The number of rotatable bonds is 6. The lowest BCUT2D eigenvalue weighted by Crippen LogP contribution is -2.48. The van der Waals surface area contributed by atoms with Gasteiger partial charge in [0.1, 0.15) is 5.75 Å². The summed E-state index contributed by atoms with van der Waals surface area (Å²) >= 11 is 0. The van der Waals surface area contributed by atoms with Crippen LogP contribution in [-0.4, -0.2) is 59.1 Å². The predicted octanol–water partition coefficient (Wildman–Crippen LogP) is 2.94. The van der Waals surface area contributed by atoms with E-state index < -0.39 is 0 Å². The summed E-state index contributed by atoms with van der Waals surface area (Å²) in [6.07, 6.45) is 0.410. The quantitative estimate of drug-likeness (QED) is 0.627. The fraction of sp³-hybridized carbons (Fsp3) is 0.348. The minimum atomic E-state index is 0.152. The average Bonchev–Trinajstić information content (AvgIpc) is 3.23. The molecule has 7 heteroatoms. The lowest BCUT2D eigenvalue weighted by atomic mass is 10.1. The van der Waals surface area contributed by atoms with Gasteiger partial charge in [0.2, 0.25) is 17.6 Å². The molecule has 0 atom stereocenters. The van der Waals surface area contributed by atoms with Gasteiger partial charge in [-0.2, -0.15) is 4.98 Å². The van der Waals surface area contributed by atoms with E-state index in [-0.39, 0.29) is 5.91 Å². The standard InChI is InChI=1S/C23H26N4O3/c1-17-3-7-19(8-4-17)23-24-21(30-25-23)16-26-11-13-27(14-12-26)22(28)15-18-5-9-20(29-2)10-6-18/h3-10H,11-16H2,1-2H3. The lowest BCUT2D eigenvalue weighted by molar-refractivity contribution is -0.132. The van der Waals surface area contributed by atoms with Gasteiger partial charge in [-0.1, -0.05) is 47.1 Å². The maximum Gasteiger partial charge on any atom is 0.241 e. The fourth-order valence-electron chi connectivity index (χ4n) is 3.52. The number of benzene rings is 2. The number of hydrogen-bond donors (Lipinski definition) is 0. The second-order valence-corrected chi connectivity index (χ2v) is 7.56. The second kappa shape index (κ2) is 9.09. The number of amides is 1. The summed E-state index contributed by atoms with van der Waals surface area (Å²) in [7, 11) is 1.64. The second-order valence-electron chi connectivity index (χ2n) is 7.56. The van der Waals surface area contributed by atoms with Crippen LogP contribution in [0.5, 0.6) is 5.75 Å². The highest BCUT2D eigenvalue weighted by Crippen LogP contribution is 2.18. The summed E-state index contributed by atoms with van der Waals surface area (Å²) in [4.78, 5) is 21.3. The van der Waals surface area contributed by atoms with E-state index in [2.05, 4.69) is 15.0 Å². The number of aryl methyl sites for hydroxylation is 1. The van der Waals surface area contributed by atoms with E-state index in [0.717, 1.165) is 30.0 Å². The Balaban J connectivity index is 1.27. The molecule has 4 rings (SSSR count). The number of ether oxygens (including phenoxy) is 1. The number of aromatic nitrogens is 2. The number of carbonyl (C=O) groups excluding carboxylic acids is 1. The summed E-state index contributed by atoms with van der Waals surface area (Å²) in [5.74, 6) is 2.16. The van der Waals surface area contributed by atoms with E-state index in [1.807, 2.05) is 60.4 Å². The zero-order valence-electron chi connectivity index (χ0n) is 17.4. The van der Waals surface area contributed by atoms with Crippen LogP contribution < -0.4 is 4.74 Å². The van der Waals surface area contributed by atoms with Crippen molar-refractivity contribution in [1.82, 2.24) is 19.9 Å². The number of carbonyl (C=O) groups is 1. The summed E-state index contributed by atoms with van der Waals surface area (Å²) in [6, 6.07) is 15.7. The minimum Gasteiger partial charge on any atom is -0.497 e. The molecular formula is C23H26N4O3. The van der Waals surface area contributed by atoms with Gasteiger partial charge in [-0.3, -0.25) is 9.69 Å². The highest BCUT2D eigenvalue weighted by Gasteiger charge is 2.22. The highest BCUT2D eigenvalue weighted by molar-refractivity contribution is 5.79. The summed E-state index contributed by atoms with van der Waals surface area (Å²) in [5, 5.41) is 4.10. The third-order valence-electron chi connectivity index (χ3n) is 5.38. The molecule has 1 saturated heterocycles. The molecule has 1 aliphatic heterocycles. The van der Waals surface area contributed by atoms with Crippen molar-refractivity contribution in [3.63, 3.8) is 0 Å². The molecule has 0 aliphatic carbocycles. The molecule has 0 radical (unpaired) electrons. The Morgan fingerprint density at radius 3 is 2.40 bits per heavy atom. The van der Waals surface area contributed by atoms with Crippen molar-refractivity contribution in [1.29, 1.82) is 0 Å². The maximum atomic E-state index is 12.6. The smallest absolute Gasteiger partial charge is 0.241 e. The van der Waals surface area contributed by atoms with Gasteiger partial charge in [0.05, 0.1) is 20.1 Å². The molecule has 2 heterocycles. The van der Waals surface area contributed by atoms with Gasteiger partial charge in [-0.15, -0.1) is 0 Å². The Labute approximate surface area is 176 Å². The van der Waals surface area contributed by atoms with Crippen LogP contribution in [-0.2, 0) is 17.8 Å². The van der Waals surface area contributed by atoms with Crippen molar-refractivity contribution in [3.05, 3.63) is 65.5 Å². The Hall–Kier alpha value is -3.19. The summed E-state index contributed by atoms with van der Waals surface area (Å²) in [5.41, 5.74) is 3.14. The van der Waals surface area contributed by atoms with Crippen molar-refractivity contribution in [3.8, 4) is 17.1 Å². The largest absolute Gasteiger partial charge is 0.497 e. The molecule has 0 bridgehead atoms. The molecule has 156 valence electrons. The summed E-state index contributed by atoms with van der Waals surface area (Å²) in [6.45, 7) is 5.63. The molecule has 0 N–H and O–H groups in total. The van der Waals surface area contributed by atoms with E-state index in [0.29, 0.717) is 37.8 Å². The normalized spacial score (nSPS) is 14.7. The Morgan fingerprint density at radius 1 is 1.03 bits per heavy atom. The third-order valence-corrected chi connectivity index (χ3v) is 5.38. The van der Waals surface area contributed by atoms with Crippen LogP contribution in [0.4, 0.5) is 0 Å². The Morgan fingerprint density at radius 2 is 1.73 bits per heavy atom. The molecule has 0 saturated carbocycles. The first-order chi connectivity index (χ1) is 14.6. The van der Waals surface area contributed by atoms with Gasteiger partial charge < -0.3 is 14.2 Å². The summed E-state index contributed by atoms with van der Waals surface area (Å²) < 4.78 is 10.6. The fourth-order valence-corrected chi connectivity index (χ4v) is 3.52. The van der Waals surface area contributed by atoms with E-state index in [9.17, 15) is 4.79 Å². The van der Waals surface area contributed by atoms with Crippen molar-refractivity contribution in [2.24, 2.45) is 0 Å². The zero-order chi connectivity index (χ0) is 20.9. The van der Waals surface area contributed by atoms with Crippen molar-refractivity contribution < 1.29 is 14.1 Å². The molecule has 3 aromatic rings. The van der Waals surface area contributed by atoms with E-state index >= 15 is 0 Å². The number of piperazine rings is 1.